The lowest BCUT2D eigenvalue weighted by Gasteiger charge is -2.08. The fourth-order valence-electron chi connectivity index (χ4n) is 2.26. The van der Waals surface area contributed by atoms with Crippen molar-refractivity contribution in [2.45, 2.75) is 33.2 Å². The van der Waals surface area contributed by atoms with Crippen LogP contribution in [0.3, 0.4) is 0 Å². The van der Waals surface area contributed by atoms with E-state index >= 15 is 0 Å². The van der Waals surface area contributed by atoms with Gasteiger partial charge in [-0.05, 0) is 25.5 Å². The number of nitrogens with zero attached hydrogens (tertiary/aromatic N) is 4. The Kier molecular flexibility index (Phi) is 4.15. The lowest BCUT2D eigenvalue weighted by atomic mass is 10.3. The summed E-state index contributed by atoms with van der Waals surface area (Å²) in [6, 6.07) is 4.11. The van der Waals surface area contributed by atoms with Crippen LogP contribution in [0.5, 0.6) is 0 Å². The molecule has 0 unspecified atom stereocenters. The van der Waals surface area contributed by atoms with Crippen molar-refractivity contribution in [3.05, 3.63) is 35.2 Å². The van der Waals surface area contributed by atoms with Crippen molar-refractivity contribution in [1.82, 2.24) is 19.7 Å². The van der Waals surface area contributed by atoms with Gasteiger partial charge < -0.3 is 5.32 Å². The van der Waals surface area contributed by atoms with Gasteiger partial charge in [-0.3, -0.25) is 4.68 Å². The third-order valence-electron chi connectivity index (χ3n) is 3.29. The molecule has 0 saturated heterocycles. The van der Waals surface area contributed by atoms with Gasteiger partial charge in [0.25, 0.3) is 0 Å². The molecule has 0 radical (unpaired) electrons. The van der Waals surface area contributed by atoms with E-state index in [1.807, 2.05) is 23.1 Å². The SMILES string of the molecule is CCc1nc(NCCCn2cccn2)c2cc(C)sc2n1. The molecule has 0 bridgehead atoms. The van der Waals surface area contributed by atoms with E-state index in [1.165, 1.54) is 4.88 Å². The highest BCUT2D eigenvalue weighted by Crippen LogP contribution is 2.28. The minimum atomic E-state index is 0.856. The van der Waals surface area contributed by atoms with Crippen molar-refractivity contribution in [3.8, 4) is 0 Å². The van der Waals surface area contributed by atoms with Crippen LogP contribution in [-0.2, 0) is 13.0 Å². The number of anilines is 1. The third kappa shape index (κ3) is 3.21. The van der Waals surface area contributed by atoms with Gasteiger partial charge in [-0.1, -0.05) is 6.92 Å². The van der Waals surface area contributed by atoms with Crippen molar-refractivity contribution < 1.29 is 0 Å². The lowest BCUT2D eigenvalue weighted by Crippen LogP contribution is -2.09. The molecule has 3 aromatic rings. The quantitative estimate of drug-likeness (QED) is 0.710. The first-order chi connectivity index (χ1) is 10.3. The summed E-state index contributed by atoms with van der Waals surface area (Å²) in [6.45, 7) is 5.99. The van der Waals surface area contributed by atoms with Gasteiger partial charge in [0.15, 0.2) is 0 Å². The zero-order valence-electron chi connectivity index (χ0n) is 12.3. The summed E-state index contributed by atoms with van der Waals surface area (Å²) in [4.78, 5) is 11.6. The van der Waals surface area contributed by atoms with E-state index in [0.717, 1.165) is 47.8 Å². The molecule has 3 aromatic heterocycles. The Morgan fingerprint density at radius 2 is 2.24 bits per heavy atom. The number of aryl methyl sites for hydroxylation is 3. The lowest BCUT2D eigenvalue weighted by molar-refractivity contribution is 0.591. The van der Waals surface area contributed by atoms with Crippen molar-refractivity contribution in [3.63, 3.8) is 0 Å². The highest BCUT2D eigenvalue weighted by molar-refractivity contribution is 7.18. The highest BCUT2D eigenvalue weighted by Gasteiger charge is 2.09. The molecule has 0 aliphatic carbocycles. The van der Waals surface area contributed by atoms with Crippen LogP contribution < -0.4 is 5.32 Å². The fraction of sp³-hybridized carbons (Fsp3) is 0.400. The predicted octanol–water partition coefficient (Wildman–Crippen LogP) is 3.26. The second-order valence-corrected chi connectivity index (χ2v) is 6.20. The zero-order chi connectivity index (χ0) is 14.7. The van der Waals surface area contributed by atoms with Gasteiger partial charge in [0.05, 0.1) is 5.39 Å². The maximum Gasteiger partial charge on any atom is 0.138 e. The van der Waals surface area contributed by atoms with E-state index in [2.05, 4.69) is 40.3 Å². The molecule has 3 rings (SSSR count). The molecule has 5 nitrogen and oxygen atoms in total. The molecule has 0 amide bonds. The summed E-state index contributed by atoms with van der Waals surface area (Å²) < 4.78 is 1.95. The molecule has 0 fully saturated rings. The van der Waals surface area contributed by atoms with Gasteiger partial charge in [-0.2, -0.15) is 5.10 Å². The van der Waals surface area contributed by atoms with E-state index in [4.69, 9.17) is 0 Å². The van der Waals surface area contributed by atoms with Gasteiger partial charge in [-0.15, -0.1) is 11.3 Å². The van der Waals surface area contributed by atoms with Crippen LogP contribution in [-0.4, -0.2) is 26.3 Å². The van der Waals surface area contributed by atoms with E-state index in [1.54, 1.807) is 11.3 Å². The largest absolute Gasteiger partial charge is 0.369 e. The van der Waals surface area contributed by atoms with Gasteiger partial charge in [0.2, 0.25) is 0 Å². The minimum absolute atomic E-state index is 0.856. The van der Waals surface area contributed by atoms with Crippen molar-refractivity contribution >= 4 is 27.4 Å². The van der Waals surface area contributed by atoms with Crippen LogP contribution in [0.25, 0.3) is 10.2 Å². The number of hydrogen-bond acceptors (Lipinski definition) is 5. The first-order valence-electron chi connectivity index (χ1n) is 7.24. The Morgan fingerprint density at radius 1 is 1.33 bits per heavy atom. The maximum atomic E-state index is 4.63. The Hall–Kier alpha value is -1.95. The molecule has 0 spiro atoms. The molecule has 0 aliphatic heterocycles. The van der Waals surface area contributed by atoms with E-state index < -0.39 is 0 Å². The molecule has 6 heteroatoms. The molecule has 0 atom stereocenters. The fourth-order valence-corrected chi connectivity index (χ4v) is 3.16. The summed E-state index contributed by atoms with van der Waals surface area (Å²) >= 11 is 1.73. The van der Waals surface area contributed by atoms with Crippen molar-refractivity contribution in [2.75, 3.05) is 11.9 Å². The van der Waals surface area contributed by atoms with Gasteiger partial charge in [0, 0.05) is 36.8 Å². The van der Waals surface area contributed by atoms with E-state index in [9.17, 15) is 0 Å². The topological polar surface area (TPSA) is 55.6 Å². The monoisotopic (exact) mass is 301 g/mol. The first-order valence-corrected chi connectivity index (χ1v) is 8.06. The van der Waals surface area contributed by atoms with Gasteiger partial charge in [0.1, 0.15) is 16.5 Å². The molecule has 0 saturated carbocycles. The van der Waals surface area contributed by atoms with Crippen LogP contribution in [0.2, 0.25) is 0 Å². The van der Waals surface area contributed by atoms with Crippen LogP contribution in [0, 0.1) is 6.92 Å². The average molecular weight is 301 g/mol. The summed E-state index contributed by atoms with van der Waals surface area (Å²) in [6.07, 6.45) is 5.66. The molecule has 110 valence electrons. The van der Waals surface area contributed by atoms with Crippen LogP contribution in [0.1, 0.15) is 24.0 Å². The zero-order valence-corrected chi connectivity index (χ0v) is 13.2. The van der Waals surface area contributed by atoms with Crippen molar-refractivity contribution in [2.24, 2.45) is 0 Å². The Morgan fingerprint density at radius 3 is 3.00 bits per heavy atom. The maximum absolute atomic E-state index is 4.63. The average Bonchev–Trinajstić information content (AvgIpc) is 3.11. The van der Waals surface area contributed by atoms with Crippen molar-refractivity contribution in [1.29, 1.82) is 0 Å². The van der Waals surface area contributed by atoms with Crippen LogP contribution >= 0.6 is 11.3 Å². The third-order valence-corrected chi connectivity index (χ3v) is 4.24. The first kappa shape index (κ1) is 14.0. The summed E-state index contributed by atoms with van der Waals surface area (Å²) in [5.74, 6) is 1.86. The molecular formula is C15H19N5S. The Labute approximate surface area is 128 Å². The number of nitrogens with one attached hydrogen (secondary N) is 1. The number of thiophene rings is 1. The van der Waals surface area contributed by atoms with Gasteiger partial charge in [-0.25, -0.2) is 9.97 Å². The molecule has 21 heavy (non-hydrogen) atoms. The number of rotatable bonds is 6. The second kappa shape index (κ2) is 6.22. The van der Waals surface area contributed by atoms with Gasteiger partial charge >= 0.3 is 0 Å². The molecule has 0 aliphatic rings. The van der Waals surface area contributed by atoms with Crippen LogP contribution in [0.4, 0.5) is 5.82 Å². The standard InChI is InChI=1S/C15H19N5S/c1-3-13-18-14(12-10-11(2)21-15(12)19-13)16-6-4-8-20-9-5-7-17-20/h5,7,9-10H,3-4,6,8H2,1-2H3,(H,16,18,19). The van der Waals surface area contributed by atoms with Crippen LogP contribution in [0.15, 0.2) is 24.5 Å². The smallest absolute Gasteiger partial charge is 0.138 e. The highest BCUT2D eigenvalue weighted by atomic mass is 32.1. The summed E-state index contributed by atoms with van der Waals surface area (Å²) in [5, 5.41) is 8.79. The number of hydrogen-bond donors (Lipinski definition) is 1. The minimum Gasteiger partial charge on any atom is -0.369 e. The summed E-state index contributed by atoms with van der Waals surface area (Å²) in [5.41, 5.74) is 0. The molecule has 3 heterocycles. The normalized spacial score (nSPS) is 11.1. The molecule has 0 aromatic carbocycles. The van der Waals surface area contributed by atoms with E-state index in [0.29, 0.717) is 0 Å². The van der Waals surface area contributed by atoms with E-state index in [-0.39, 0.29) is 0 Å². The molecular weight excluding hydrogens is 282 g/mol. The number of fused-ring (bicyclic) bond motifs is 1. The summed E-state index contributed by atoms with van der Waals surface area (Å²) in [7, 11) is 0. The number of aromatic nitrogens is 4. The predicted molar refractivity (Wildman–Crippen MR) is 86.9 cm³/mol. The Balaban J connectivity index is 1.70. The molecule has 1 N–H and O–H groups in total. The second-order valence-electron chi connectivity index (χ2n) is 4.97. The Bertz CT molecular complexity index is 717.